The summed E-state index contributed by atoms with van der Waals surface area (Å²) in [5, 5.41) is 0. The molecule has 246 valence electrons. The molecule has 0 aromatic heterocycles. The van der Waals surface area contributed by atoms with Crippen molar-refractivity contribution in [1.82, 2.24) is 0 Å². The van der Waals surface area contributed by atoms with Gasteiger partial charge in [-0.3, -0.25) is 4.79 Å². The van der Waals surface area contributed by atoms with E-state index in [0.717, 1.165) is 12.8 Å². The monoisotopic (exact) mass is 579 g/mol. The molecule has 0 rings (SSSR count). The number of rotatable bonds is 35. The highest BCUT2D eigenvalue weighted by Gasteiger charge is 2.13. The third kappa shape index (κ3) is 33.8. The lowest BCUT2D eigenvalue weighted by Gasteiger charge is -2.11. The Morgan fingerprint density at radius 1 is 0.390 bits per heavy atom. The average Bonchev–Trinajstić information content (AvgIpc) is 2.98. The van der Waals surface area contributed by atoms with Gasteiger partial charge in [-0.2, -0.15) is 0 Å². The van der Waals surface area contributed by atoms with Gasteiger partial charge in [-0.25, -0.2) is 0 Å². The molecule has 0 spiro atoms. The minimum atomic E-state index is 0.0342. The van der Waals surface area contributed by atoms with Crippen LogP contribution in [0.25, 0.3) is 0 Å². The van der Waals surface area contributed by atoms with Crippen LogP contribution < -0.4 is 0 Å². The van der Waals surface area contributed by atoms with Gasteiger partial charge in [0.1, 0.15) is 0 Å². The molecule has 0 bridgehead atoms. The number of unbranched alkanes of at least 4 members (excludes halogenated alkanes) is 30. The van der Waals surface area contributed by atoms with Crippen molar-refractivity contribution < 1.29 is 9.53 Å². The molecule has 2 nitrogen and oxygen atoms in total. The van der Waals surface area contributed by atoms with Crippen LogP contribution in [0.2, 0.25) is 0 Å². The van der Waals surface area contributed by atoms with E-state index in [1.165, 1.54) is 199 Å². The molecular formula is C39H78O2. The van der Waals surface area contributed by atoms with Gasteiger partial charge >= 0.3 is 5.97 Å². The molecule has 0 aliphatic carbocycles. The third-order valence-electron chi connectivity index (χ3n) is 9.14. The van der Waals surface area contributed by atoms with Crippen LogP contribution in [-0.4, -0.2) is 12.6 Å². The highest BCUT2D eigenvalue weighted by Crippen LogP contribution is 2.17. The molecule has 0 aromatic rings. The van der Waals surface area contributed by atoms with Gasteiger partial charge in [-0.05, 0) is 12.8 Å². The SMILES string of the molecule is CCCCCCCCCCCCCCCCCCOC(=O)C(C)CCCCCCCCCCCCCCCCCC. The molecule has 0 aromatic carbocycles. The van der Waals surface area contributed by atoms with Gasteiger partial charge in [0.15, 0.2) is 0 Å². The van der Waals surface area contributed by atoms with E-state index in [2.05, 4.69) is 20.8 Å². The Hall–Kier alpha value is -0.530. The summed E-state index contributed by atoms with van der Waals surface area (Å²) in [5.74, 6) is 0.106. The first-order chi connectivity index (χ1) is 20.2. The first-order valence-corrected chi connectivity index (χ1v) is 19.4. The maximum absolute atomic E-state index is 12.3. The molecule has 41 heavy (non-hydrogen) atoms. The van der Waals surface area contributed by atoms with Gasteiger partial charge in [0.05, 0.1) is 12.5 Å². The van der Waals surface area contributed by atoms with Crippen molar-refractivity contribution >= 4 is 5.97 Å². The lowest BCUT2D eigenvalue weighted by molar-refractivity contribution is -0.148. The van der Waals surface area contributed by atoms with E-state index in [1.54, 1.807) is 0 Å². The molecule has 0 aliphatic heterocycles. The second-order valence-corrected chi connectivity index (χ2v) is 13.5. The molecule has 1 unspecified atom stereocenters. The molecule has 0 saturated carbocycles. The standard InChI is InChI=1S/C39H78O2/c1-4-6-8-10-12-14-16-18-20-22-24-26-28-30-32-34-36-38(3)39(40)41-37-35-33-31-29-27-25-23-21-19-17-15-13-11-9-7-5-2/h38H,4-37H2,1-3H3. The number of ether oxygens (including phenoxy) is 1. The Balaban J connectivity index is 3.26. The quantitative estimate of drug-likeness (QED) is 0.0552. The maximum Gasteiger partial charge on any atom is 0.308 e. The predicted molar refractivity (Wildman–Crippen MR) is 184 cm³/mol. The van der Waals surface area contributed by atoms with Crippen LogP contribution in [0.15, 0.2) is 0 Å². The zero-order chi connectivity index (χ0) is 29.9. The summed E-state index contributed by atoms with van der Waals surface area (Å²) in [6.07, 6.45) is 45.3. The van der Waals surface area contributed by atoms with Gasteiger partial charge in [-0.1, -0.05) is 220 Å². The Kier molecular flexibility index (Phi) is 35.2. The number of carbonyl (C=O) groups excluding carboxylic acids is 1. The highest BCUT2D eigenvalue weighted by atomic mass is 16.5. The fourth-order valence-electron chi connectivity index (χ4n) is 6.08. The molecule has 0 radical (unpaired) electrons. The van der Waals surface area contributed by atoms with Crippen LogP contribution in [0.5, 0.6) is 0 Å². The van der Waals surface area contributed by atoms with Crippen molar-refractivity contribution in [1.29, 1.82) is 0 Å². The van der Waals surface area contributed by atoms with E-state index < -0.39 is 0 Å². The van der Waals surface area contributed by atoms with Crippen LogP contribution >= 0.6 is 0 Å². The molecule has 1 atom stereocenters. The van der Waals surface area contributed by atoms with Crippen LogP contribution in [0.1, 0.15) is 233 Å². The van der Waals surface area contributed by atoms with Crippen molar-refractivity contribution in [2.75, 3.05) is 6.61 Å². The Morgan fingerprint density at radius 2 is 0.634 bits per heavy atom. The van der Waals surface area contributed by atoms with E-state index in [-0.39, 0.29) is 11.9 Å². The van der Waals surface area contributed by atoms with Crippen molar-refractivity contribution in [2.45, 2.75) is 233 Å². The molecule has 2 heteroatoms. The molecule has 0 amide bonds. The molecular weight excluding hydrogens is 500 g/mol. The summed E-state index contributed by atoms with van der Waals surface area (Å²) in [6, 6.07) is 0. The van der Waals surface area contributed by atoms with Crippen molar-refractivity contribution in [3.8, 4) is 0 Å². The summed E-state index contributed by atoms with van der Waals surface area (Å²) >= 11 is 0. The van der Waals surface area contributed by atoms with E-state index in [0.29, 0.717) is 6.61 Å². The Labute approximate surface area is 260 Å². The van der Waals surface area contributed by atoms with E-state index in [9.17, 15) is 4.79 Å². The smallest absolute Gasteiger partial charge is 0.308 e. The minimum absolute atomic E-state index is 0.0342. The topological polar surface area (TPSA) is 26.3 Å². The zero-order valence-electron chi connectivity index (χ0n) is 28.9. The summed E-state index contributed by atoms with van der Waals surface area (Å²) in [6.45, 7) is 7.27. The molecule has 0 heterocycles. The first kappa shape index (κ1) is 40.5. The van der Waals surface area contributed by atoms with E-state index in [1.807, 2.05) is 0 Å². The van der Waals surface area contributed by atoms with Crippen LogP contribution in [0, 0.1) is 5.92 Å². The summed E-state index contributed by atoms with van der Waals surface area (Å²) in [7, 11) is 0. The lowest BCUT2D eigenvalue weighted by Crippen LogP contribution is -2.15. The normalized spacial score (nSPS) is 12.2. The zero-order valence-corrected chi connectivity index (χ0v) is 28.9. The Bertz CT molecular complexity index is 488. The third-order valence-corrected chi connectivity index (χ3v) is 9.14. The fraction of sp³-hybridized carbons (Fsp3) is 0.974. The second kappa shape index (κ2) is 35.7. The van der Waals surface area contributed by atoms with Crippen molar-refractivity contribution in [3.63, 3.8) is 0 Å². The first-order valence-electron chi connectivity index (χ1n) is 19.4. The van der Waals surface area contributed by atoms with Gasteiger partial charge in [0, 0.05) is 0 Å². The van der Waals surface area contributed by atoms with Gasteiger partial charge in [-0.15, -0.1) is 0 Å². The molecule has 0 fully saturated rings. The van der Waals surface area contributed by atoms with Gasteiger partial charge < -0.3 is 4.74 Å². The highest BCUT2D eigenvalue weighted by molar-refractivity contribution is 5.71. The van der Waals surface area contributed by atoms with Crippen molar-refractivity contribution in [2.24, 2.45) is 5.92 Å². The lowest BCUT2D eigenvalue weighted by atomic mass is 10.0. The maximum atomic E-state index is 12.3. The Morgan fingerprint density at radius 3 is 0.927 bits per heavy atom. The summed E-state index contributed by atoms with van der Waals surface area (Å²) in [5.41, 5.74) is 0. The summed E-state index contributed by atoms with van der Waals surface area (Å²) in [4.78, 5) is 12.3. The largest absolute Gasteiger partial charge is 0.465 e. The van der Waals surface area contributed by atoms with Crippen LogP contribution in [0.3, 0.4) is 0 Å². The second-order valence-electron chi connectivity index (χ2n) is 13.5. The van der Waals surface area contributed by atoms with Crippen LogP contribution in [0.4, 0.5) is 0 Å². The fourth-order valence-corrected chi connectivity index (χ4v) is 6.08. The van der Waals surface area contributed by atoms with Gasteiger partial charge in [0.2, 0.25) is 0 Å². The number of esters is 1. The van der Waals surface area contributed by atoms with E-state index >= 15 is 0 Å². The van der Waals surface area contributed by atoms with Crippen molar-refractivity contribution in [3.05, 3.63) is 0 Å². The molecule has 0 N–H and O–H groups in total. The summed E-state index contributed by atoms with van der Waals surface area (Å²) < 4.78 is 5.56. The van der Waals surface area contributed by atoms with Gasteiger partial charge in [0.25, 0.3) is 0 Å². The minimum Gasteiger partial charge on any atom is -0.465 e. The van der Waals surface area contributed by atoms with E-state index in [4.69, 9.17) is 4.74 Å². The molecule has 0 saturated heterocycles. The molecule has 0 aliphatic rings. The predicted octanol–water partition coefficient (Wildman–Crippen LogP) is 14.1. The number of carbonyl (C=O) groups is 1. The number of hydrogen-bond donors (Lipinski definition) is 0. The van der Waals surface area contributed by atoms with Crippen LogP contribution in [-0.2, 0) is 9.53 Å². The number of hydrogen-bond acceptors (Lipinski definition) is 2. The average molecular weight is 579 g/mol.